The largest absolute Gasteiger partial charge is 0.339 e. The molecule has 1 fully saturated rings. The number of amides is 3. The van der Waals surface area contributed by atoms with E-state index in [1.54, 1.807) is 4.90 Å². The first-order valence-electron chi connectivity index (χ1n) is 6.87. The van der Waals surface area contributed by atoms with E-state index in [1.807, 2.05) is 46.4 Å². The van der Waals surface area contributed by atoms with Gasteiger partial charge in [-0.1, -0.05) is 20.8 Å². The fraction of sp³-hybridized carbons (Fsp3) is 0.857. The average Bonchev–Trinajstić information content (AvgIpc) is 2.24. The normalized spacial score (nSPS) is 17.4. The summed E-state index contributed by atoms with van der Waals surface area (Å²) in [7, 11) is 0. The lowest BCUT2D eigenvalue weighted by Gasteiger charge is -2.38. The van der Waals surface area contributed by atoms with E-state index in [2.05, 4.69) is 5.32 Å². The molecule has 0 radical (unpaired) electrons. The van der Waals surface area contributed by atoms with Crippen LogP contribution in [0.5, 0.6) is 0 Å². The van der Waals surface area contributed by atoms with Gasteiger partial charge in [0.2, 0.25) is 5.91 Å². The molecular formula is C14H27N3O2. The zero-order valence-corrected chi connectivity index (χ0v) is 13.0. The van der Waals surface area contributed by atoms with Gasteiger partial charge in [0.15, 0.2) is 0 Å². The highest BCUT2D eigenvalue weighted by molar-refractivity contribution is 5.82. The second-order valence-electron chi connectivity index (χ2n) is 7.21. The van der Waals surface area contributed by atoms with Crippen LogP contribution in [0.25, 0.3) is 0 Å². The molecule has 0 spiro atoms. The summed E-state index contributed by atoms with van der Waals surface area (Å²) in [5, 5.41) is 2.95. The summed E-state index contributed by atoms with van der Waals surface area (Å²) in [6.07, 6.45) is 0. The summed E-state index contributed by atoms with van der Waals surface area (Å²) >= 11 is 0. The Labute approximate surface area is 116 Å². The molecule has 110 valence electrons. The lowest BCUT2D eigenvalue weighted by atomic mass is 9.94. The van der Waals surface area contributed by atoms with E-state index in [4.69, 9.17) is 0 Å². The molecule has 1 N–H and O–H groups in total. The Hall–Kier alpha value is -1.26. The van der Waals surface area contributed by atoms with Crippen LogP contribution < -0.4 is 5.32 Å². The average molecular weight is 269 g/mol. The number of rotatable bonds is 0. The molecule has 0 atom stereocenters. The Balaban J connectivity index is 2.50. The summed E-state index contributed by atoms with van der Waals surface area (Å²) in [6.45, 7) is 14.1. The number of carbonyl (C=O) groups excluding carboxylic acids is 2. The lowest BCUT2D eigenvalue weighted by Crippen LogP contribution is -2.57. The van der Waals surface area contributed by atoms with Crippen LogP contribution in [0.1, 0.15) is 41.5 Å². The van der Waals surface area contributed by atoms with Gasteiger partial charge in [-0.3, -0.25) is 4.79 Å². The summed E-state index contributed by atoms with van der Waals surface area (Å²) in [4.78, 5) is 27.8. The first kappa shape index (κ1) is 15.8. The van der Waals surface area contributed by atoms with Crippen LogP contribution in [-0.4, -0.2) is 53.5 Å². The number of hydrogen-bond donors (Lipinski definition) is 1. The first-order valence-corrected chi connectivity index (χ1v) is 6.87. The molecule has 1 aliphatic rings. The molecule has 1 aliphatic heterocycles. The molecule has 5 heteroatoms. The summed E-state index contributed by atoms with van der Waals surface area (Å²) < 4.78 is 0. The van der Waals surface area contributed by atoms with E-state index in [1.165, 1.54) is 0 Å². The van der Waals surface area contributed by atoms with Crippen LogP contribution in [0.3, 0.4) is 0 Å². The predicted octanol–water partition coefficient (Wildman–Crippen LogP) is 1.68. The highest BCUT2D eigenvalue weighted by Crippen LogP contribution is 2.18. The lowest BCUT2D eigenvalue weighted by molar-refractivity contribution is -0.140. The topological polar surface area (TPSA) is 52.7 Å². The van der Waals surface area contributed by atoms with Crippen LogP contribution in [0.4, 0.5) is 4.79 Å². The van der Waals surface area contributed by atoms with Gasteiger partial charge in [0.1, 0.15) is 0 Å². The molecule has 0 unspecified atom stereocenters. The predicted molar refractivity (Wildman–Crippen MR) is 75.9 cm³/mol. The Bertz CT molecular complexity index is 345. The van der Waals surface area contributed by atoms with Gasteiger partial charge >= 0.3 is 6.03 Å². The van der Waals surface area contributed by atoms with Crippen molar-refractivity contribution in [3.05, 3.63) is 0 Å². The van der Waals surface area contributed by atoms with Crippen LogP contribution in [0.15, 0.2) is 0 Å². The highest BCUT2D eigenvalue weighted by Gasteiger charge is 2.31. The monoisotopic (exact) mass is 269 g/mol. The van der Waals surface area contributed by atoms with Crippen molar-refractivity contribution in [1.29, 1.82) is 0 Å². The third kappa shape index (κ3) is 4.73. The van der Waals surface area contributed by atoms with Crippen molar-refractivity contribution in [2.75, 3.05) is 26.2 Å². The molecule has 0 bridgehead atoms. The van der Waals surface area contributed by atoms with Gasteiger partial charge < -0.3 is 15.1 Å². The van der Waals surface area contributed by atoms with Crippen LogP contribution >= 0.6 is 0 Å². The van der Waals surface area contributed by atoms with Crippen molar-refractivity contribution in [1.82, 2.24) is 15.1 Å². The van der Waals surface area contributed by atoms with Gasteiger partial charge in [-0.25, -0.2) is 4.79 Å². The summed E-state index contributed by atoms with van der Waals surface area (Å²) in [6, 6.07) is -0.0460. The number of carbonyl (C=O) groups is 2. The van der Waals surface area contributed by atoms with Crippen molar-refractivity contribution in [3.8, 4) is 0 Å². The smallest absolute Gasteiger partial charge is 0.317 e. The van der Waals surface area contributed by atoms with E-state index in [0.29, 0.717) is 26.2 Å². The quantitative estimate of drug-likeness (QED) is 0.727. The van der Waals surface area contributed by atoms with E-state index in [9.17, 15) is 9.59 Å². The molecule has 1 rings (SSSR count). The summed E-state index contributed by atoms with van der Waals surface area (Å²) in [5.41, 5.74) is -0.578. The molecule has 3 amide bonds. The highest BCUT2D eigenvalue weighted by atomic mass is 16.2. The van der Waals surface area contributed by atoms with Crippen LogP contribution in [0.2, 0.25) is 0 Å². The summed E-state index contributed by atoms with van der Waals surface area (Å²) in [5.74, 6) is 0.156. The molecule has 0 aliphatic carbocycles. The molecule has 0 aromatic rings. The number of piperazine rings is 1. The van der Waals surface area contributed by atoms with Crippen molar-refractivity contribution < 1.29 is 9.59 Å². The molecule has 0 aromatic heterocycles. The molecular weight excluding hydrogens is 242 g/mol. The van der Waals surface area contributed by atoms with Crippen LogP contribution in [0, 0.1) is 5.41 Å². The van der Waals surface area contributed by atoms with Gasteiger partial charge in [0.25, 0.3) is 0 Å². The zero-order chi connectivity index (χ0) is 14.8. The number of hydrogen-bond acceptors (Lipinski definition) is 2. The van der Waals surface area contributed by atoms with Crippen LogP contribution in [-0.2, 0) is 4.79 Å². The van der Waals surface area contributed by atoms with Crippen molar-refractivity contribution >= 4 is 11.9 Å². The maximum absolute atomic E-state index is 12.1. The van der Waals surface area contributed by atoms with Gasteiger partial charge in [-0.15, -0.1) is 0 Å². The fourth-order valence-electron chi connectivity index (χ4n) is 1.99. The minimum absolute atomic E-state index is 0.0460. The van der Waals surface area contributed by atoms with E-state index >= 15 is 0 Å². The second-order valence-corrected chi connectivity index (χ2v) is 7.21. The Morgan fingerprint density at radius 1 is 0.842 bits per heavy atom. The first-order chi connectivity index (χ1) is 8.50. The maximum atomic E-state index is 12.1. The Morgan fingerprint density at radius 3 is 1.63 bits per heavy atom. The molecule has 0 aromatic carbocycles. The minimum atomic E-state index is -0.351. The number of nitrogens with zero attached hydrogens (tertiary/aromatic N) is 2. The van der Waals surface area contributed by atoms with E-state index in [0.717, 1.165) is 0 Å². The molecule has 1 saturated heterocycles. The Kier molecular flexibility index (Phi) is 4.48. The standard InChI is InChI=1S/C14H27N3O2/c1-13(2,3)11(18)16-7-9-17(10-8-16)12(19)15-14(4,5)6/h7-10H2,1-6H3,(H,15,19). The van der Waals surface area contributed by atoms with Crippen molar-refractivity contribution in [2.24, 2.45) is 5.41 Å². The van der Waals surface area contributed by atoms with Gasteiger partial charge in [0.05, 0.1) is 0 Å². The van der Waals surface area contributed by atoms with Crippen molar-refractivity contribution in [2.45, 2.75) is 47.1 Å². The van der Waals surface area contributed by atoms with Gasteiger partial charge in [-0.05, 0) is 20.8 Å². The molecule has 19 heavy (non-hydrogen) atoms. The van der Waals surface area contributed by atoms with E-state index in [-0.39, 0.29) is 22.9 Å². The third-order valence-corrected chi connectivity index (χ3v) is 2.98. The number of nitrogens with one attached hydrogen (secondary N) is 1. The second kappa shape index (κ2) is 5.39. The SMILES string of the molecule is CC(C)(C)NC(=O)N1CCN(C(=O)C(C)(C)C)CC1. The minimum Gasteiger partial charge on any atom is -0.339 e. The van der Waals surface area contributed by atoms with Gasteiger partial charge in [0, 0.05) is 37.1 Å². The number of urea groups is 1. The molecule has 5 nitrogen and oxygen atoms in total. The van der Waals surface area contributed by atoms with Crippen molar-refractivity contribution in [3.63, 3.8) is 0 Å². The van der Waals surface area contributed by atoms with Gasteiger partial charge in [-0.2, -0.15) is 0 Å². The maximum Gasteiger partial charge on any atom is 0.317 e. The Morgan fingerprint density at radius 2 is 1.26 bits per heavy atom. The zero-order valence-electron chi connectivity index (χ0n) is 13.0. The fourth-order valence-corrected chi connectivity index (χ4v) is 1.99. The molecule has 0 saturated carbocycles. The van der Waals surface area contributed by atoms with E-state index < -0.39 is 0 Å². The third-order valence-electron chi connectivity index (χ3n) is 2.98. The molecule has 1 heterocycles.